The molecule has 1 heteroatoms. The number of hydrogen-bond acceptors (Lipinski definition) is 1. The van der Waals surface area contributed by atoms with Crippen molar-refractivity contribution in [1.29, 1.82) is 0 Å². The molecule has 0 aromatic rings. The Hall–Kier alpha value is -0.590. The summed E-state index contributed by atoms with van der Waals surface area (Å²) < 4.78 is 0. The zero-order chi connectivity index (χ0) is 8.97. The Morgan fingerprint density at radius 2 is 1.50 bits per heavy atom. The molecule has 1 fully saturated rings. The fraction of sp³-hybridized carbons (Fsp3) is 0.727. The Morgan fingerprint density at radius 3 is 1.92 bits per heavy atom. The molecule has 0 unspecified atom stereocenters. The minimum atomic E-state index is 0.461. The molecule has 0 aliphatic heterocycles. The quantitative estimate of drug-likeness (QED) is 0.505. The lowest BCUT2D eigenvalue weighted by atomic mass is 9.93. The van der Waals surface area contributed by atoms with E-state index >= 15 is 0 Å². The SMILES string of the molecule is CC(C)=C1CCCC(=O)CCC1. The van der Waals surface area contributed by atoms with Crippen molar-refractivity contribution in [3.05, 3.63) is 11.1 Å². The normalized spacial score (nSPS) is 20.2. The van der Waals surface area contributed by atoms with Crippen LogP contribution in [0.4, 0.5) is 0 Å². The molecule has 68 valence electrons. The first-order valence-corrected chi connectivity index (χ1v) is 4.87. The maximum atomic E-state index is 11.1. The van der Waals surface area contributed by atoms with Crippen molar-refractivity contribution in [2.24, 2.45) is 0 Å². The van der Waals surface area contributed by atoms with E-state index in [0.717, 1.165) is 38.5 Å². The molecule has 1 saturated carbocycles. The van der Waals surface area contributed by atoms with Crippen molar-refractivity contribution in [2.75, 3.05) is 0 Å². The van der Waals surface area contributed by atoms with Crippen LogP contribution in [-0.2, 0) is 4.79 Å². The van der Waals surface area contributed by atoms with Gasteiger partial charge in [0.2, 0.25) is 0 Å². The molecule has 1 rings (SSSR count). The molecule has 0 saturated heterocycles. The zero-order valence-corrected chi connectivity index (χ0v) is 8.15. The van der Waals surface area contributed by atoms with Gasteiger partial charge in [-0.1, -0.05) is 11.1 Å². The molecule has 12 heavy (non-hydrogen) atoms. The van der Waals surface area contributed by atoms with Crippen LogP contribution >= 0.6 is 0 Å². The summed E-state index contributed by atoms with van der Waals surface area (Å²) in [6, 6.07) is 0. The van der Waals surface area contributed by atoms with Gasteiger partial charge in [-0.3, -0.25) is 4.79 Å². The fourth-order valence-electron chi connectivity index (χ4n) is 1.75. The van der Waals surface area contributed by atoms with Crippen LogP contribution in [0.5, 0.6) is 0 Å². The summed E-state index contributed by atoms with van der Waals surface area (Å²) >= 11 is 0. The van der Waals surface area contributed by atoms with Crippen LogP contribution in [0.1, 0.15) is 52.4 Å². The van der Waals surface area contributed by atoms with Crippen molar-refractivity contribution < 1.29 is 4.79 Å². The summed E-state index contributed by atoms with van der Waals surface area (Å²) in [5.74, 6) is 0.461. The number of hydrogen-bond donors (Lipinski definition) is 0. The smallest absolute Gasteiger partial charge is 0.132 e. The maximum Gasteiger partial charge on any atom is 0.132 e. The van der Waals surface area contributed by atoms with Crippen molar-refractivity contribution in [1.82, 2.24) is 0 Å². The highest BCUT2D eigenvalue weighted by Crippen LogP contribution is 2.22. The van der Waals surface area contributed by atoms with Gasteiger partial charge in [0.25, 0.3) is 0 Å². The van der Waals surface area contributed by atoms with Crippen LogP contribution in [0.25, 0.3) is 0 Å². The van der Waals surface area contributed by atoms with Crippen molar-refractivity contribution >= 4 is 5.78 Å². The molecule has 0 aromatic carbocycles. The topological polar surface area (TPSA) is 17.1 Å². The van der Waals surface area contributed by atoms with E-state index in [9.17, 15) is 4.79 Å². The molecular formula is C11H18O. The third-order valence-corrected chi connectivity index (χ3v) is 2.58. The second-order valence-corrected chi connectivity index (χ2v) is 3.85. The molecule has 0 radical (unpaired) electrons. The first-order valence-electron chi connectivity index (χ1n) is 4.87. The van der Waals surface area contributed by atoms with Gasteiger partial charge in [-0.05, 0) is 39.5 Å². The molecule has 0 heterocycles. The number of carbonyl (C=O) groups excluding carboxylic acids is 1. The van der Waals surface area contributed by atoms with Gasteiger partial charge in [0.05, 0.1) is 0 Å². The van der Waals surface area contributed by atoms with Gasteiger partial charge in [-0.2, -0.15) is 0 Å². The van der Waals surface area contributed by atoms with E-state index in [-0.39, 0.29) is 0 Å². The van der Waals surface area contributed by atoms with Gasteiger partial charge in [0, 0.05) is 12.8 Å². The Kier molecular flexibility index (Phi) is 3.51. The first-order chi connectivity index (χ1) is 5.70. The number of carbonyl (C=O) groups is 1. The third-order valence-electron chi connectivity index (χ3n) is 2.58. The second kappa shape index (κ2) is 4.44. The Bertz CT molecular complexity index is 183. The largest absolute Gasteiger partial charge is 0.300 e. The van der Waals surface area contributed by atoms with E-state index in [1.807, 2.05) is 0 Å². The van der Waals surface area contributed by atoms with E-state index in [0.29, 0.717) is 5.78 Å². The Morgan fingerprint density at radius 1 is 1.00 bits per heavy atom. The third kappa shape index (κ3) is 2.80. The lowest BCUT2D eigenvalue weighted by Crippen LogP contribution is -2.03. The first kappa shape index (κ1) is 9.50. The Labute approximate surface area is 74.9 Å². The van der Waals surface area contributed by atoms with E-state index in [2.05, 4.69) is 13.8 Å². The van der Waals surface area contributed by atoms with Crippen LogP contribution in [0.15, 0.2) is 11.1 Å². The molecule has 0 amide bonds. The zero-order valence-electron chi connectivity index (χ0n) is 8.15. The highest BCUT2D eigenvalue weighted by molar-refractivity contribution is 5.78. The molecule has 1 aliphatic carbocycles. The van der Waals surface area contributed by atoms with E-state index in [4.69, 9.17) is 0 Å². The number of Topliss-reactive ketones (excluding diaryl/α,β-unsaturated/α-hetero) is 1. The summed E-state index contributed by atoms with van der Waals surface area (Å²) in [6.45, 7) is 4.36. The molecule has 0 N–H and O–H groups in total. The van der Waals surface area contributed by atoms with Crippen LogP contribution in [0.2, 0.25) is 0 Å². The van der Waals surface area contributed by atoms with Gasteiger partial charge in [-0.15, -0.1) is 0 Å². The maximum absolute atomic E-state index is 11.1. The molecule has 0 bridgehead atoms. The molecule has 1 nitrogen and oxygen atoms in total. The summed E-state index contributed by atoms with van der Waals surface area (Å²) in [5, 5.41) is 0. The van der Waals surface area contributed by atoms with Crippen molar-refractivity contribution in [3.63, 3.8) is 0 Å². The molecular weight excluding hydrogens is 148 g/mol. The lowest BCUT2D eigenvalue weighted by Gasteiger charge is -2.12. The van der Waals surface area contributed by atoms with Crippen LogP contribution in [0.3, 0.4) is 0 Å². The highest BCUT2D eigenvalue weighted by atomic mass is 16.1. The summed E-state index contributed by atoms with van der Waals surface area (Å²) in [5.41, 5.74) is 3.05. The van der Waals surface area contributed by atoms with Crippen molar-refractivity contribution in [3.8, 4) is 0 Å². The number of allylic oxidation sites excluding steroid dienone is 2. The minimum absolute atomic E-state index is 0.461. The van der Waals surface area contributed by atoms with Gasteiger partial charge < -0.3 is 0 Å². The van der Waals surface area contributed by atoms with E-state index in [1.165, 1.54) is 5.57 Å². The fourth-order valence-corrected chi connectivity index (χ4v) is 1.75. The molecule has 0 aromatic heterocycles. The van der Waals surface area contributed by atoms with Gasteiger partial charge in [-0.25, -0.2) is 0 Å². The minimum Gasteiger partial charge on any atom is -0.300 e. The van der Waals surface area contributed by atoms with Crippen LogP contribution in [0, 0.1) is 0 Å². The lowest BCUT2D eigenvalue weighted by molar-refractivity contribution is -0.119. The molecule has 0 spiro atoms. The average molecular weight is 166 g/mol. The van der Waals surface area contributed by atoms with Gasteiger partial charge in [0.1, 0.15) is 5.78 Å². The predicted octanol–water partition coefficient (Wildman–Crippen LogP) is 3.25. The molecule has 1 aliphatic rings. The Balaban J connectivity index is 2.52. The van der Waals surface area contributed by atoms with E-state index in [1.54, 1.807) is 5.57 Å². The summed E-state index contributed by atoms with van der Waals surface area (Å²) in [6.07, 6.45) is 6.04. The number of ketones is 1. The highest BCUT2D eigenvalue weighted by Gasteiger charge is 2.09. The van der Waals surface area contributed by atoms with Crippen LogP contribution < -0.4 is 0 Å². The molecule has 0 atom stereocenters. The standard InChI is InChI=1S/C11H18O/c1-9(2)10-5-3-7-11(12)8-4-6-10/h3-8H2,1-2H3. The summed E-state index contributed by atoms with van der Waals surface area (Å²) in [7, 11) is 0. The van der Waals surface area contributed by atoms with Crippen LogP contribution in [-0.4, -0.2) is 5.78 Å². The van der Waals surface area contributed by atoms with Gasteiger partial charge >= 0.3 is 0 Å². The number of rotatable bonds is 0. The van der Waals surface area contributed by atoms with E-state index < -0.39 is 0 Å². The predicted molar refractivity (Wildman–Crippen MR) is 51.1 cm³/mol. The average Bonchev–Trinajstić information content (AvgIpc) is 1.95. The van der Waals surface area contributed by atoms with Crippen molar-refractivity contribution in [2.45, 2.75) is 52.4 Å². The monoisotopic (exact) mass is 166 g/mol. The summed E-state index contributed by atoms with van der Waals surface area (Å²) in [4.78, 5) is 11.1. The second-order valence-electron chi connectivity index (χ2n) is 3.85. The van der Waals surface area contributed by atoms with Gasteiger partial charge in [0.15, 0.2) is 0 Å².